The number of piperidine rings is 1. The molecule has 174 valence electrons. The maximum atomic E-state index is 13.6. The zero-order valence-corrected chi connectivity index (χ0v) is 18.3. The number of hydrogen-bond donors (Lipinski definition) is 3. The normalized spacial score (nSPS) is 16.2. The van der Waals surface area contributed by atoms with E-state index in [0.29, 0.717) is 59.2 Å². The molecule has 0 bridgehead atoms. The highest BCUT2D eigenvalue weighted by Gasteiger charge is 2.34. The summed E-state index contributed by atoms with van der Waals surface area (Å²) < 4.78 is 40.8. The van der Waals surface area contributed by atoms with Crippen LogP contribution in [0.4, 0.5) is 35.0 Å². The van der Waals surface area contributed by atoms with Gasteiger partial charge in [0.25, 0.3) is 0 Å². The summed E-state index contributed by atoms with van der Waals surface area (Å²) in [5.74, 6) is 0. The van der Waals surface area contributed by atoms with Crippen LogP contribution in [-0.2, 0) is 6.18 Å². The van der Waals surface area contributed by atoms with Crippen LogP contribution >= 0.6 is 11.8 Å². The second kappa shape index (κ2) is 9.41. The predicted molar refractivity (Wildman–Crippen MR) is 116 cm³/mol. The van der Waals surface area contributed by atoms with Crippen molar-refractivity contribution in [2.24, 2.45) is 0 Å². The molecular weight excluding hydrogens is 455 g/mol. The number of alkyl halides is 3. The van der Waals surface area contributed by atoms with Crippen molar-refractivity contribution in [3.05, 3.63) is 41.5 Å². The van der Waals surface area contributed by atoms with Gasteiger partial charge in [-0.1, -0.05) is 11.8 Å². The van der Waals surface area contributed by atoms with Crippen molar-refractivity contribution < 1.29 is 23.1 Å². The van der Waals surface area contributed by atoms with Gasteiger partial charge in [-0.3, -0.25) is 0 Å². The van der Waals surface area contributed by atoms with Crippen molar-refractivity contribution in [2.75, 3.05) is 36.8 Å². The lowest BCUT2D eigenvalue weighted by Crippen LogP contribution is -2.45. The molecule has 2 aliphatic heterocycles. The number of rotatable bonds is 5. The van der Waals surface area contributed by atoms with Gasteiger partial charge in [-0.15, -0.1) is 0 Å². The lowest BCUT2D eigenvalue weighted by molar-refractivity contribution is -0.250. The van der Waals surface area contributed by atoms with Gasteiger partial charge in [-0.25, -0.2) is 0 Å². The van der Waals surface area contributed by atoms with E-state index in [2.05, 4.69) is 26.9 Å². The maximum Gasteiger partial charge on any atom is 0.416 e. The van der Waals surface area contributed by atoms with E-state index >= 15 is 0 Å². The second-order valence-corrected chi connectivity index (χ2v) is 9.00. The molecule has 0 aliphatic carbocycles. The molecule has 2 aromatic rings. The zero-order chi connectivity index (χ0) is 23.6. The number of amides is 1. The first-order valence-corrected chi connectivity index (χ1v) is 11.2. The van der Waals surface area contributed by atoms with E-state index in [0.717, 1.165) is 17.8 Å². The molecule has 7 nitrogen and oxygen atoms in total. The zero-order valence-electron chi connectivity index (χ0n) is 17.5. The largest absolute Gasteiger partial charge is 0.530 e. The van der Waals surface area contributed by atoms with E-state index in [9.17, 15) is 23.1 Å². The lowest BCUT2D eigenvalue weighted by Gasteiger charge is -2.34. The molecule has 2 aromatic carbocycles. The average molecular weight is 477 g/mol. The summed E-state index contributed by atoms with van der Waals surface area (Å²) in [6.07, 6.45) is -4.37. The van der Waals surface area contributed by atoms with Crippen LogP contribution in [0.5, 0.6) is 0 Å². The third-order valence-electron chi connectivity index (χ3n) is 5.66. The van der Waals surface area contributed by atoms with Crippen LogP contribution in [0, 0.1) is 11.3 Å². The van der Waals surface area contributed by atoms with Crippen molar-refractivity contribution in [1.29, 1.82) is 5.26 Å². The minimum absolute atomic E-state index is 0.0166. The molecule has 1 fully saturated rings. The number of halogens is 3. The average Bonchev–Trinajstić information content (AvgIpc) is 2.77. The summed E-state index contributed by atoms with van der Waals surface area (Å²) in [5, 5.41) is 28.4. The second-order valence-electron chi connectivity index (χ2n) is 7.92. The van der Waals surface area contributed by atoms with Gasteiger partial charge in [-0.2, -0.15) is 18.4 Å². The monoisotopic (exact) mass is 476 g/mol. The van der Waals surface area contributed by atoms with E-state index in [4.69, 9.17) is 5.26 Å². The highest BCUT2D eigenvalue weighted by Crippen LogP contribution is 2.50. The van der Waals surface area contributed by atoms with Gasteiger partial charge in [-0.05, 0) is 43.2 Å². The van der Waals surface area contributed by atoms with Crippen LogP contribution in [0.3, 0.4) is 0 Å². The number of nitrogens with zero attached hydrogens (tertiary/aromatic N) is 2. The Labute approximate surface area is 193 Å². The summed E-state index contributed by atoms with van der Waals surface area (Å²) in [6, 6.07) is 9.38. The van der Waals surface area contributed by atoms with E-state index in [-0.39, 0.29) is 12.6 Å². The number of anilines is 3. The van der Waals surface area contributed by atoms with Crippen molar-refractivity contribution >= 4 is 34.9 Å². The van der Waals surface area contributed by atoms with Crippen LogP contribution in [0.2, 0.25) is 0 Å². The Hall–Kier alpha value is -3.10. The Morgan fingerprint density at radius 2 is 2.00 bits per heavy atom. The van der Waals surface area contributed by atoms with E-state index < -0.39 is 17.8 Å². The molecule has 0 saturated carbocycles. The maximum absolute atomic E-state index is 13.6. The quantitative estimate of drug-likeness (QED) is 0.517. The van der Waals surface area contributed by atoms with Crippen LogP contribution in [0.15, 0.2) is 40.1 Å². The fraction of sp³-hybridized carbons (Fsp3) is 0.364. The summed E-state index contributed by atoms with van der Waals surface area (Å²) in [6.45, 7) is 2.24. The summed E-state index contributed by atoms with van der Waals surface area (Å²) in [5.41, 5.74) is 1.43. The van der Waals surface area contributed by atoms with Gasteiger partial charge in [0.1, 0.15) is 6.09 Å². The molecule has 2 aliphatic rings. The van der Waals surface area contributed by atoms with Crippen LogP contribution in [0.25, 0.3) is 0 Å². The van der Waals surface area contributed by atoms with E-state index in [1.165, 1.54) is 11.8 Å². The molecule has 1 amide bonds. The number of fused-ring (bicyclic) bond motifs is 2. The number of carboxylic acid groups (broad SMARTS) is 1. The molecule has 2 heterocycles. The van der Waals surface area contributed by atoms with Crippen molar-refractivity contribution in [3.8, 4) is 6.07 Å². The van der Waals surface area contributed by atoms with Gasteiger partial charge in [0.2, 0.25) is 0 Å². The van der Waals surface area contributed by atoms with E-state index in [1.807, 2.05) is 0 Å². The molecule has 1 saturated heterocycles. The molecule has 0 radical (unpaired) electrons. The lowest BCUT2D eigenvalue weighted by atomic mass is 10.0. The van der Waals surface area contributed by atoms with Gasteiger partial charge in [0.05, 0.1) is 34.3 Å². The van der Waals surface area contributed by atoms with E-state index in [1.54, 1.807) is 18.2 Å². The highest BCUT2D eigenvalue weighted by atomic mass is 32.2. The third kappa shape index (κ3) is 5.46. The number of likely N-dealkylation sites (tertiary alicyclic amines) is 1. The van der Waals surface area contributed by atoms with Crippen molar-refractivity contribution in [2.45, 2.75) is 34.9 Å². The van der Waals surface area contributed by atoms with Crippen LogP contribution in [0.1, 0.15) is 24.0 Å². The summed E-state index contributed by atoms with van der Waals surface area (Å²) >= 11 is 1.21. The fourth-order valence-corrected chi connectivity index (χ4v) is 5.07. The topological polar surface area (TPSA) is 103 Å². The van der Waals surface area contributed by atoms with Crippen molar-refractivity contribution in [1.82, 2.24) is 10.2 Å². The molecule has 3 N–H and O–H groups in total. The number of benzene rings is 2. The molecule has 0 spiro atoms. The fourth-order valence-electron chi connectivity index (χ4n) is 3.97. The molecular formula is C22H21F3N5O2S-. The molecule has 0 unspecified atom stereocenters. The summed E-state index contributed by atoms with van der Waals surface area (Å²) in [7, 11) is 0. The smallest absolute Gasteiger partial charge is 0.416 e. The van der Waals surface area contributed by atoms with Crippen LogP contribution in [-0.4, -0.2) is 43.2 Å². The molecule has 0 atom stereocenters. The SMILES string of the molecule is N#Cc1ccc2c(c1)Sc1cc(C(F)(F)F)cc(NC3CCN(CCNC(=O)[O-])CC3)c1N2. The first-order chi connectivity index (χ1) is 15.7. The van der Waals surface area contributed by atoms with Gasteiger partial charge >= 0.3 is 6.18 Å². The molecule has 11 heteroatoms. The Bertz CT molecular complexity index is 1090. The van der Waals surface area contributed by atoms with Crippen LogP contribution < -0.4 is 21.1 Å². The van der Waals surface area contributed by atoms with Gasteiger partial charge < -0.3 is 30.8 Å². The Balaban J connectivity index is 1.52. The predicted octanol–water partition coefficient (Wildman–Crippen LogP) is 3.59. The number of nitriles is 1. The number of nitrogens with one attached hydrogen (secondary N) is 3. The number of hydrogen-bond acceptors (Lipinski definition) is 7. The minimum atomic E-state index is -4.49. The Morgan fingerprint density at radius 1 is 1.24 bits per heavy atom. The Kier molecular flexibility index (Phi) is 6.58. The van der Waals surface area contributed by atoms with Gasteiger partial charge in [0.15, 0.2) is 0 Å². The Morgan fingerprint density at radius 3 is 2.67 bits per heavy atom. The number of carbonyl (C=O) groups excluding carboxylic acids is 1. The summed E-state index contributed by atoms with van der Waals surface area (Å²) in [4.78, 5) is 13.7. The standard InChI is InChI=1S/C22H22F3N5O2S/c23-22(24,25)14-10-17(28-15-3-6-30(7-4-15)8-5-27-21(31)32)20-19(11-14)33-18-9-13(12-26)1-2-16(18)29-20/h1-2,9-11,15,27-29H,3-8H2,(H,31,32)/p-1. The highest BCUT2D eigenvalue weighted by molar-refractivity contribution is 7.99. The first kappa shape index (κ1) is 23.1. The third-order valence-corrected chi connectivity index (χ3v) is 6.76. The number of carbonyl (C=O) groups is 1. The molecule has 0 aromatic heterocycles. The first-order valence-electron chi connectivity index (χ1n) is 10.4. The minimum Gasteiger partial charge on any atom is -0.530 e. The molecule has 4 rings (SSSR count). The molecule has 33 heavy (non-hydrogen) atoms. The van der Waals surface area contributed by atoms with Gasteiger partial charge in [0, 0.05) is 42.0 Å². The van der Waals surface area contributed by atoms with Crippen molar-refractivity contribution in [3.63, 3.8) is 0 Å².